The van der Waals surface area contributed by atoms with Crippen LogP contribution >= 0.6 is 0 Å². The maximum atomic E-state index is 11.2. The van der Waals surface area contributed by atoms with E-state index in [4.69, 9.17) is 5.73 Å². The summed E-state index contributed by atoms with van der Waals surface area (Å²) >= 11 is 0. The van der Waals surface area contributed by atoms with E-state index in [2.05, 4.69) is 0 Å². The Bertz CT molecular complexity index is 697. The lowest BCUT2D eigenvalue weighted by atomic mass is 10.1. The van der Waals surface area contributed by atoms with Crippen molar-refractivity contribution in [2.24, 2.45) is 5.73 Å². The lowest BCUT2D eigenvalue weighted by molar-refractivity contribution is 0.0995. The Morgan fingerprint density at radius 2 is 1.88 bits per heavy atom. The molecule has 1 aromatic carbocycles. The van der Waals surface area contributed by atoms with E-state index in [1.54, 1.807) is 6.07 Å². The van der Waals surface area contributed by atoms with Crippen molar-refractivity contribution in [2.45, 2.75) is 0 Å². The Hall–Kier alpha value is -2.29. The number of hydrogen-bond donors (Lipinski definition) is 1. The molecule has 2 N–H and O–H groups in total. The monoisotopic (exact) mass is 210 g/mol. The summed E-state index contributed by atoms with van der Waals surface area (Å²) in [7, 11) is 0. The fraction of sp³-hybridized carbons (Fsp3) is 0. The summed E-state index contributed by atoms with van der Waals surface area (Å²) in [4.78, 5) is 11.2. The number of hydrogen-bond acceptors (Lipinski definition) is 1. The van der Waals surface area contributed by atoms with Crippen LogP contribution in [0.4, 0.5) is 0 Å². The highest BCUT2D eigenvalue weighted by molar-refractivity contribution is 6.00. The van der Waals surface area contributed by atoms with Gasteiger partial charge in [-0.25, -0.2) is 0 Å². The van der Waals surface area contributed by atoms with Gasteiger partial charge >= 0.3 is 0 Å². The molecule has 2 heterocycles. The molecule has 3 rings (SSSR count). The van der Waals surface area contributed by atoms with E-state index in [1.165, 1.54) is 0 Å². The van der Waals surface area contributed by atoms with E-state index in [1.807, 2.05) is 47.0 Å². The summed E-state index contributed by atoms with van der Waals surface area (Å²) in [6.45, 7) is 0. The van der Waals surface area contributed by atoms with Gasteiger partial charge in [-0.1, -0.05) is 24.3 Å². The van der Waals surface area contributed by atoms with Crippen molar-refractivity contribution in [3.63, 3.8) is 0 Å². The number of nitrogens with two attached hydrogens (primary N) is 1. The van der Waals surface area contributed by atoms with Crippen molar-refractivity contribution in [2.75, 3.05) is 0 Å². The molecular formula is C13H10N2O. The molecule has 0 saturated heterocycles. The van der Waals surface area contributed by atoms with Crippen LogP contribution in [0.15, 0.2) is 48.7 Å². The van der Waals surface area contributed by atoms with Crippen molar-refractivity contribution in [1.82, 2.24) is 4.40 Å². The van der Waals surface area contributed by atoms with E-state index >= 15 is 0 Å². The van der Waals surface area contributed by atoms with Gasteiger partial charge < -0.3 is 10.1 Å². The maximum Gasteiger partial charge on any atom is 0.265 e. The largest absolute Gasteiger partial charge is 0.364 e. The number of benzene rings is 1. The Morgan fingerprint density at radius 3 is 2.69 bits per heavy atom. The average molecular weight is 210 g/mol. The highest BCUT2D eigenvalue weighted by Gasteiger charge is 2.08. The Morgan fingerprint density at radius 1 is 1.06 bits per heavy atom. The summed E-state index contributed by atoms with van der Waals surface area (Å²) in [6.07, 6.45) is 1.87. The normalized spacial score (nSPS) is 11.0. The second kappa shape index (κ2) is 3.10. The van der Waals surface area contributed by atoms with E-state index < -0.39 is 5.91 Å². The summed E-state index contributed by atoms with van der Waals surface area (Å²) in [5, 5.41) is 2.28. The van der Waals surface area contributed by atoms with Crippen molar-refractivity contribution in [1.29, 1.82) is 0 Å². The van der Waals surface area contributed by atoms with Crippen LogP contribution in [-0.4, -0.2) is 10.3 Å². The molecule has 0 unspecified atom stereocenters. The molecule has 0 fully saturated rings. The van der Waals surface area contributed by atoms with Crippen LogP contribution in [0.3, 0.4) is 0 Å². The third kappa shape index (κ3) is 1.11. The summed E-state index contributed by atoms with van der Waals surface area (Å²) < 4.78 is 1.82. The molecule has 2 aromatic heterocycles. The van der Waals surface area contributed by atoms with Gasteiger partial charge in [-0.3, -0.25) is 4.79 Å². The molecule has 3 nitrogen and oxygen atoms in total. The van der Waals surface area contributed by atoms with E-state index in [0.717, 1.165) is 16.3 Å². The highest BCUT2D eigenvalue weighted by atomic mass is 16.1. The van der Waals surface area contributed by atoms with Crippen LogP contribution < -0.4 is 5.73 Å². The molecule has 0 saturated carbocycles. The molecule has 3 aromatic rings. The highest BCUT2D eigenvalue weighted by Crippen LogP contribution is 2.21. The number of nitrogens with zero attached hydrogens (tertiary/aromatic N) is 1. The van der Waals surface area contributed by atoms with Gasteiger partial charge in [0.05, 0.1) is 5.52 Å². The lowest BCUT2D eigenvalue weighted by Crippen LogP contribution is -2.13. The average Bonchev–Trinajstić information content (AvgIpc) is 2.73. The minimum absolute atomic E-state index is 0.407. The zero-order valence-corrected chi connectivity index (χ0v) is 8.55. The topological polar surface area (TPSA) is 47.5 Å². The molecule has 0 bridgehead atoms. The fourth-order valence-corrected chi connectivity index (χ4v) is 2.06. The third-order valence-corrected chi connectivity index (χ3v) is 2.81. The molecule has 0 spiro atoms. The molecule has 3 heteroatoms. The number of carbonyl (C=O) groups excluding carboxylic acids is 1. The first-order valence-electron chi connectivity index (χ1n) is 5.06. The smallest absolute Gasteiger partial charge is 0.265 e. The molecule has 0 aliphatic carbocycles. The Kier molecular flexibility index (Phi) is 1.74. The predicted molar refractivity (Wildman–Crippen MR) is 63.4 cm³/mol. The van der Waals surface area contributed by atoms with Gasteiger partial charge in [0.2, 0.25) is 0 Å². The fourth-order valence-electron chi connectivity index (χ4n) is 2.06. The van der Waals surface area contributed by atoms with Gasteiger partial charge in [0.15, 0.2) is 0 Å². The van der Waals surface area contributed by atoms with E-state index in [9.17, 15) is 4.79 Å². The quantitative estimate of drug-likeness (QED) is 0.657. The first kappa shape index (κ1) is 8.97. The second-order valence-corrected chi connectivity index (χ2v) is 3.74. The van der Waals surface area contributed by atoms with Crippen molar-refractivity contribution >= 4 is 22.2 Å². The zero-order valence-electron chi connectivity index (χ0n) is 8.55. The molecular weight excluding hydrogens is 200 g/mol. The number of primary amides is 1. The second-order valence-electron chi connectivity index (χ2n) is 3.74. The number of pyridine rings is 1. The first-order valence-corrected chi connectivity index (χ1v) is 5.06. The van der Waals surface area contributed by atoms with Crippen LogP contribution in [0.5, 0.6) is 0 Å². The minimum atomic E-state index is -0.407. The van der Waals surface area contributed by atoms with Crippen LogP contribution in [-0.2, 0) is 0 Å². The van der Waals surface area contributed by atoms with Gasteiger partial charge in [-0.05, 0) is 23.6 Å². The SMILES string of the molecule is NC(=O)c1ccc2c3ccccc3ccn12. The van der Waals surface area contributed by atoms with Gasteiger partial charge in [-0.15, -0.1) is 0 Å². The molecule has 0 atom stereocenters. The van der Waals surface area contributed by atoms with Gasteiger partial charge in [-0.2, -0.15) is 0 Å². The number of amides is 1. The van der Waals surface area contributed by atoms with Crippen molar-refractivity contribution in [3.05, 3.63) is 54.4 Å². The van der Waals surface area contributed by atoms with E-state index in [0.29, 0.717) is 5.69 Å². The molecule has 16 heavy (non-hydrogen) atoms. The number of carbonyl (C=O) groups is 1. The summed E-state index contributed by atoms with van der Waals surface area (Å²) in [5.74, 6) is -0.407. The standard InChI is InChI=1S/C13H10N2O/c14-13(16)12-6-5-11-10-4-2-1-3-9(10)7-8-15(11)12/h1-8H,(H2,14,16). The van der Waals surface area contributed by atoms with Crippen LogP contribution in [0.25, 0.3) is 16.3 Å². The lowest BCUT2D eigenvalue weighted by Gasteiger charge is -2.03. The van der Waals surface area contributed by atoms with E-state index in [-0.39, 0.29) is 0 Å². The molecule has 1 amide bonds. The zero-order chi connectivity index (χ0) is 11.1. The van der Waals surface area contributed by atoms with Gasteiger partial charge in [0, 0.05) is 11.6 Å². The summed E-state index contributed by atoms with van der Waals surface area (Å²) in [6, 6.07) is 13.7. The Balaban J connectivity index is 2.49. The van der Waals surface area contributed by atoms with Crippen LogP contribution in [0.1, 0.15) is 10.5 Å². The number of aromatic nitrogens is 1. The maximum absolute atomic E-state index is 11.2. The minimum Gasteiger partial charge on any atom is -0.364 e. The number of rotatable bonds is 1. The molecule has 0 aliphatic rings. The first-order chi connectivity index (χ1) is 7.77. The molecule has 0 aliphatic heterocycles. The Labute approximate surface area is 92.1 Å². The van der Waals surface area contributed by atoms with Gasteiger partial charge in [0.25, 0.3) is 5.91 Å². The van der Waals surface area contributed by atoms with Gasteiger partial charge in [0.1, 0.15) is 5.69 Å². The van der Waals surface area contributed by atoms with Crippen molar-refractivity contribution < 1.29 is 4.79 Å². The molecule has 78 valence electrons. The summed E-state index contributed by atoms with van der Waals surface area (Å²) in [5.41, 5.74) is 6.83. The predicted octanol–water partition coefficient (Wildman–Crippen LogP) is 2.19. The van der Waals surface area contributed by atoms with Crippen LogP contribution in [0.2, 0.25) is 0 Å². The third-order valence-electron chi connectivity index (χ3n) is 2.81. The van der Waals surface area contributed by atoms with Crippen molar-refractivity contribution in [3.8, 4) is 0 Å². The number of fused-ring (bicyclic) bond motifs is 3. The molecule has 0 radical (unpaired) electrons. The van der Waals surface area contributed by atoms with Crippen LogP contribution in [0, 0.1) is 0 Å².